The van der Waals surface area contributed by atoms with Crippen LogP contribution < -0.4 is 5.32 Å². The molecule has 0 aromatic carbocycles. The van der Waals surface area contributed by atoms with Gasteiger partial charge in [0.05, 0.1) is 29.7 Å². The van der Waals surface area contributed by atoms with E-state index >= 15 is 0 Å². The Morgan fingerprint density at radius 3 is 3.00 bits per heavy atom. The zero-order chi connectivity index (χ0) is 17.1. The molecule has 2 aromatic rings. The van der Waals surface area contributed by atoms with Crippen LogP contribution in [0.15, 0.2) is 22.9 Å². The zero-order valence-electron chi connectivity index (χ0n) is 13.6. The standard InChI is InChI=1S/C17H19BrN4O2/c1-17(2,8-23)20-16(24)14-13-4-9-3-12(9)15(13)22(21-14)11-5-10(18)6-19-7-11/h5-7,9,12,23H,3-4,8H2,1-2H3,(H,20,24)/t9-,12-/m1/s1. The molecule has 0 saturated heterocycles. The maximum Gasteiger partial charge on any atom is 0.272 e. The number of aromatic nitrogens is 3. The Morgan fingerprint density at radius 2 is 2.29 bits per heavy atom. The van der Waals surface area contributed by atoms with Crippen LogP contribution in [0.3, 0.4) is 0 Å². The smallest absolute Gasteiger partial charge is 0.272 e. The van der Waals surface area contributed by atoms with Crippen LogP contribution in [0, 0.1) is 5.92 Å². The lowest BCUT2D eigenvalue weighted by atomic mass is 10.1. The van der Waals surface area contributed by atoms with Crippen molar-refractivity contribution < 1.29 is 9.90 Å². The monoisotopic (exact) mass is 390 g/mol. The second-order valence-electron chi connectivity index (χ2n) is 7.29. The summed E-state index contributed by atoms with van der Waals surface area (Å²) >= 11 is 3.44. The molecule has 24 heavy (non-hydrogen) atoms. The number of hydrogen-bond donors (Lipinski definition) is 2. The van der Waals surface area contributed by atoms with E-state index in [0.717, 1.165) is 27.8 Å². The first-order valence-corrected chi connectivity index (χ1v) is 8.85. The van der Waals surface area contributed by atoms with E-state index in [4.69, 9.17) is 0 Å². The Labute approximate surface area is 148 Å². The van der Waals surface area contributed by atoms with Gasteiger partial charge in [-0.25, -0.2) is 4.68 Å². The van der Waals surface area contributed by atoms with Crippen molar-refractivity contribution in [3.05, 3.63) is 39.9 Å². The van der Waals surface area contributed by atoms with E-state index in [0.29, 0.717) is 17.5 Å². The van der Waals surface area contributed by atoms with Gasteiger partial charge >= 0.3 is 0 Å². The van der Waals surface area contributed by atoms with Gasteiger partial charge in [0.1, 0.15) is 0 Å². The number of hydrogen-bond acceptors (Lipinski definition) is 4. The van der Waals surface area contributed by atoms with E-state index < -0.39 is 5.54 Å². The van der Waals surface area contributed by atoms with Crippen molar-refractivity contribution >= 4 is 21.8 Å². The Bertz CT molecular complexity index is 830. The normalized spacial score (nSPS) is 21.3. The molecule has 0 bridgehead atoms. The predicted octanol–water partition coefficient (Wildman–Crippen LogP) is 2.19. The van der Waals surface area contributed by atoms with Crippen molar-refractivity contribution in [3.63, 3.8) is 0 Å². The van der Waals surface area contributed by atoms with Crippen LogP contribution in [0.2, 0.25) is 0 Å². The molecule has 0 aliphatic heterocycles. The van der Waals surface area contributed by atoms with Gasteiger partial charge in [0, 0.05) is 22.2 Å². The zero-order valence-corrected chi connectivity index (χ0v) is 15.2. The third kappa shape index (κ3) is 2.56. The Balaban J connectivity index is 1.76. The lowest BCUT2D eigenvalue weighted by Gasteiger charge is -2.23. The van der Waals surface area contributed by atoms with Crippen molar-refractivity contribution in [2.75, 3.05) is 6.61 Å². The molecule has 2 aliphatic carbocycles. The number of nitrogens with zero attached hydrogens (tertiary/aromatic N) is 3. The summed E-state index contributed by atoms with van der Waals surface area (Å²) in [4.78, 5) is 16.9. The van der Waals surface area contributed by atoms with E-state index in [1.54, 1.807) is 26.2 Å². The summed E-state index contributed by atoms with van der Waals surface area (Å²) < 4.78 is 2.74. The second-order valence-corrected chi connectivity index (χ2v) is 8.20. The summed E-state index contributed by atoms with van der Waals surface area (Å²) in [6.45, 7) is 3.46. The summed E-state index contributed by atoms with van der Waals surface area (Å²) in [6.07, 6.45) is 5.56. The number of amides is 1. The summed E-state index contributed by atoms with van der Waals surface area (Å²) in [6, 6.07) is 1.95. The molecule has 0 unspecified atom stereocenters. The van der Waals surface area contributed by atoms with Crippen LogP contribution in [0.1, 0.15) is 47.9 Å². The van der Waals surface area contributed by atoms with Crippen molar-refractivity contribution in [1.82, 2.24) is 20.1 Å². The fourth-order valence-corrected chi connectivity index (χ4v) is 3.77. The summed E-state index contributed by atoms with van der Waals surface area (Å²) in [5.74, 6) is 0.911. The lowest BCUT2D eigenvalue weighted by Crippen LogP contribution is -2.46. The van der Waals surface area contributed by atoms with Crippen LogP contribution in [0.4, 0.5) is 0 Å². The number of pyridine rings is 1. The van der Waals surface area contributed by atoms with E-state index in [9.17, 15) is 9.90 Å². The molecule has 2 aliphatic rings. The van der Waals surface area contributed by atoms with Crippen molar-refractivity contribution in [1.29, 1.82) is 0 Å². The van der Waals surface area contributed by atoms with Crippen LogP contribution in [0.25, 0.3) is 5.69 Å². The van der Waals surface area contributed by atoms with E-state index in [-0.39, 0.29) is 12.5 Å². The van der Waals surface area contributed by atoms with Crippen molar-refractivity contribution in [2.45, 2.75) is 38.1 Å². The molecule has 2 aromatic heterocycles. The molecule has 2 heterocycles. The molecule has 4 rings (SSSR count). The molecular weight excluding hydrogens is 372 g/mol. The number of fused-ring (bicyclic) bond motifs is 3. The Morgan fingerprint density at radius 1 is 1.50 bits per heavy atom. The van der Waals surface area contributed by atoms with Gasteiger partial charge in [-0.3, -0.25) is 9.78 Å². The predicted molar refractivity (Wildman–Crippen MR) is 92.2 cm³/mol. The fourth-order valence-electron chi connectivity index (χ4n) is 3.42. The first-order chi connectivity index (χ1) is 11.4. The number of nitrogens with one attached hydrogen (secondary N) is 1. The molecule has 2 atom stereocenters. The number of carbonyl (C=O) groups excluding carboxylic acids is 1. The first kappa shape index (κ1) is 15.8. The average molecular weight is 391 g/mol. The van der Waals surface area contributed by atoms with E-state index in [1.807, 2.05) is 10.7 Å². The quantitative estimate of drug-likeness (QED) is 0.838. The minimum Gasteiger partial charge on any atom is -0.394 e. The van der Waals surface area contributed by atoms with Crippen molar-refractivity contribution in [3.8, 4) is 5.69 Å². The molecule has 126 valence electrons. The maximum absolute atomic E-state index is 12.7. The Hall–Kier alpha value is -1.73. The van der Waals surface area contributed by atoms with Crippen LogP contribution in [-0.2, 0) is 6.42 Å². The minimum absolute atomic E-state index is 0.123. The number of rotatable bonds is 4. The highest BCUT2D eigenvalue weighted by Crippen LogP contribution is 2.57. The summed E-state index contributed by atoms with van der Waals surface area (Å²) in [7, 11) is 0. The maximum atomic E-state index is 12.7. The SMILES string of the molecule is CC(C)(CO)NC(=O)c1nn(-c2cncc(Br)c2)c2c1C[C@H]1C[C@@H]21. The van der Waals surface area contributed by atoms with Gasteiger partial charge in [0.15, 0.2) is 5.69 Å². The molecule has 0 spiro atoms. The highest BCUT2D eigenvalue weighted by molar-refractivity contribution is 9.10. The average Bonchev–Trinajstić information content (AvgIpc) is 3.03. The number of aliphatic hydroxyl groups is 1. The molecule has 1 saturated carbocycles. The highest BCUT2D eigenvalue weighted by Gasteiger charge is 2.50. The molecule has 7 heteroatoms. The highest BCUT2D eigenvalue weighted by atomic mass is 79.9. The van der Waals surface area contributed by atoms with E-state index in [1.165, 1.54) is 6.42 Å². The topological polar surface area (TPSA) is 80.0 Å². The fraction of sp³-hybridized carbons (Fsp3) is 0.471. The Kier molecular flexibility index (Phi) is 3.54. The van der Waals surface area contributed by atoms with Crippen molar-refractivity contribution in [2.24, 2.45) is 5.92 Å². The molecular formula is C17H19BrN4O2. The minimum atomic E-state index is -0.674. The molecule has 6 nitrogen and oxygen atoms in total. The van der Waals surface area contributed by atoms with Gasteiger partial charge in [-0.05, 0) is 54.6 Å². The van der Waals surface area contributed by atoms with Crippen LogP contribution in [0.5, 0.6) is 0 Å². The summed E-state index contributed by atoms with van der Waals surface area (Å²) in [5, 5.41) is 16.9. The lowest BCUT2D eigenvalue weighted by molar-refractivity contribution is 0.0863. The van der Waals surface area contributed by atoms with Gasteiger partial charge in [-0.2, -0.15) is 5.10 Å². The van der Waals surface area contributed by atoms with Gasteiger partial charge in [-0.15, -0.1) is 0 Å². The molecule has 2 N–H and O–H groups in total. The molecule has 0 radical (unpaired) electrons. The first-order valence-electron chi connectivity index (χ1n) is 8.06. The largest absolute Gasteiger partial charge is 0.394 e. The molecule has 1 fully saturated rings. The van der Waals surface area contributed by atoms with Crippen LogP contribution >= 0.6 is 15.9 Å². The second kappa shape index (κ2) is 5.39. The van der Waals surface area contributed by atoms with Gasteiger partial charge in [0.2, 0.25) is 0 Å². The third-order valence-corrected chi connectivity index (χ3v) is 5.19. The molecule has 1 amide bonds. The number of carbonyl (C=O) groups is 1. The summed E-state index contributed by atoms with van der Waals surface area (Å²) in [5.41, 5.74) is 2.84. The van der Waals surface area contributed by atoms with Gasteiger partial charge in [-0.1, -0.05) is 0 Å². The third-order valence-electron chi connectivity index (χ3n) is 4.76. The number of aliphatic hydroxyl groups excluding tert-OH is 1. The van der Waals surface area contributed by atoms with E-state index in [2.05, 4.69) is 31.3 Å². The number of halogens is 1. The van der Waals surface area contributed by atoms with Crippen LogP contribution in [-0.4, -0.2) is 37.9 Å². The van der Waals surface area contributed by atoms with Gasteiger partial charge < -0.3 is 10.4 Å². The van der Waals surface area contributed by atoms with Gasteiger partial charge in [0.25, 0.3) is 5.91 Å².